The van der Waals surface area contributed by atoms with E-state index in [1.165, 1.54) is 5.56 Å². The van der Waals surface area contributed by atoms with Crippen LogP contribution in [-0.4, -0.2) is 52.6 Å². The van der Waals surface area contributed by atoms with Crippen molar-refractivity contribution in [2.75, 3.05) is 13.1 Å². The quantitative estimate of drug-likeness (QED) is 0.793. The van der Waals surface area contributed by atoms with Crippen LogP contribution in [-0.2, 0) is 20.9 Å². The highest BCUT2D eigenvalue weighted by molar-refractivity contribution is 6.05. The van der Waals surface area contributed by atoms with Gasteiger partial charge in [0.1, 0.15) is 6.04 Å². The van der Waals surface area contributed by atoms with Gasteiger partial charge in [-0.3, -0.25) is 24.5 Å². The molecule has 142 valence electrons. The Morgan fingerprint density at radius 3 is 2.52 bits per heavy atom. The van der Waals surface area contributed by atoms with Gasteiger partial charge in [-0.15, -0.1) is 0 Å². The molecular weight excluding hydrogens is 346 g/mol. The topological polar surface area (TPSA) is 86.8 Å². The molecular formula is C20H23N3O4. The largest absolute Gasteiger partial charge is 0.343 e. The summed E-state index contributed by atoms with van der Waals surface area (Å²) in [5.41, 5.74) is 2.77. The molecule has 3 heterocycles. The highest BCUT2D eigenvalue weighted by atomic mass is 16.2. The van der Waals surface area contributed by atoms with Crippen molar-refractivity contribution in [2.24, 2.45) is 0 Å². The summed E-state index contributed by atoms with van der Waals surface area (Å²) in [4.78, 5) is 51.2. The van der Waals surface area contributed by atoms with Crippen LogP contribution < -0.4 is 5.32 Å². The fourth-order valence-corrected chi connectivity index (χ4v) is 4.38. The number of carbonyl (C=O) groups excluding carboxylic acids is 4. The van der Waals surface area contributed by atoms with Crippen LogP contribution in [0.4, 0.5) is 0 Å². The number of carbonyl (C=O) groups is 4. The Labute approximate surface area is 157 Å². The summed E-state index contributed by atoms with van der Waals surface area (Å²) in [6.07, 6.45) is 2.48. The molecule has 0 saturated carbocycles. The molecule has 1 aromatic carbocycles. The zero-order chi connectivity index (χ0) is 19.1. The van der Waals surface area contributed by atoms with Crippen molar-refractivity contribution >= 4 is 23.6 Å². The molecule has 1 N–H and O–H groups in total. The molecule has 2 fully saturated rings. The third-order valence-electron chi connectivity index (χ3n) is 5.96. The third kappa shape index (κ3) is 3.22. The van der Waals surface area contributed by atoms with E-state index in [4.69, 9.17) is 0 Å². The van der Waals surface area contributed by atoms with Crippen molar-refractivity contribution in [3.63, 3.8) is 0 Å². The third-order valence-corrected chi connectivity index (χ3v) is 5.96. The van der Waals surface area contributed by atoms with Gasteiger partial charge in [0.2, 0.25) is 17.7 Å². The number of fused-ring (bicyclic) bond motifs is 1. The van der Waals surface area contributed by atoms with Crippen molar-refractivity contribution in [3.05, 3.63) is 34.9 Å². The van der Waals surface area contributed by atoms with Crippen LogP contribution in [0.3, 0.4) is 0 Å². The Morgan fingerprint density at radius 1 is 1.11 bits per heavy atom. The van der Waals surface area contributed by atoms with E-state index >= 15 is 0 Å². The highest BCUT2D eigenvalue weighted by Gasteiger charge is 2.39. The number of rotatable bonds is 2. The summed E-state index contributed by atoms with van der Waals surface area (Å²) in [5.74, 6) is -0.306. The standard InChI is InChI=1S/C20H23N3O4/c1-12(24)22-8-6-13(7-9-22)14-2-3-16-15(10-14)11-23(20(16)27)17-4-5-18(25)21-19(17)26/h2-3,10,13,17H,4-9,11H2,1H3,(H,21,25,26). The average Bonchev–Trinajstić information content (AvgIpc) is 2.98. The van der Waals surface area contributed by atoms with Gasteiger partial charge in [-0.05, 0) is 42.4 Å². The van der Waals surface area contributed by atoms with Crippen LogP contribution in [0.5, 0.6) is 0 Å². The molecule has 0 radical (unpaired) electrons. The Balaban J connectivity index is 1.49. The second kappa shape index (κ2) is 6.79. The number of nitrogens with zero attached hydrogens (tertiary/aromatic N) is 2. The molecule has 0 aromatic heterocycles. The minimum atomic E-state index is -0.579. The van der Waals surface area contributed by atoms with Gasteiger partial charge in [0, 0.05) is 38.5 Å². The molecule has 0 bridgehead atoms. The maximum Gasteiger partial charge on any atom is 0.255 e. The van der Waals surface area contributed by atoms with E-state index in [0.717, 1.165) is 31.5 Å². The molecule has 7 nitrogen and oxygen atoms in total. The van der Waals surface area contributed by atoms with E-state index in [1.807, 2.05) is 17.0 Å². The van der Waals surface area contributed by atoms with Crippen molar-refractivity contribution in [3.8, 4) is 0 Å². The van der Waals surface area contributed by atoms with Crippen molar-refractivity contribution in [2.45, 2.75) is 51.1 Å². The molecule has 2 saturated heterocycles. The zero-order valence-corrected chi connectivity index (χ0v) is 15.4. The molecule has 4 rings (SSSR count). The minimum Gasteiger partial charge on any atom is -0.343 e. The van der Waals surface area contributed by atoms with Crippen LogP contribution in [0.2, 0.25) is 0 Å². The lowest BCUT2D eigenvalue weighted by atomic mass is 9.88. The van der Waals surface area contributed by atoms with E-state index in [2.05, 4.69) is 11.4 Å². The molecule has 3 aliphatic rings. The maximum atomic E-state index is 12.7. The monoisotopic (exact) mass is 369 g/mol. The lowest BCUT2D eigenvalue weighted by Gasteiger charge is -2.31. The van der Waals surface area contributed by atoms with Gasteiger partial charge in [-0.25, -0.2) is 0 Å². The molecule has 0 spiro atoms. The van der Waals surface area contributed by atoms with E-state index in [1.54, 1.807) is 11.8 Å². The smallest absolute Gasteiger partial charge is 0.255 e. The second-order valence-electron chi connectivity index (χ2n) is 7.60. The molecule has 3 aliphatic heterocycles. The van der Waals surface area contributed by atoms with Gasteiger partial charge in [0.15, 0.2) is 0 Å². The summed E-state index contributed by atoms with van der Waals surface area (Å²) in [6, 6.07) is 5.35. The molecule has 1 aromatic rings. The summed E-state index contributed by atoms with van der Waals surface area (Å²) in [6.45, 7) is 3.53. The van der Waals surface area contributed by atoms with E-state index in [9.17, 15) is 19.2 Å². The lowest BCUT2D eigenvalue weighted by Crippen LogP contribution is -2.52. The van der Waals surface area contributed by atoms with E-state index in [-0.39, 0.29) is 30.0 Å². The predicted molar refractivity (Wildman–Crippen MR) is 96.7 cm³/mol. The number of likely N-dealkylation sites (tertiary alicyclic amines) is 1. The number of nitrogens with one attached hydrogen (secondary N) is 1. The summed E-state index contributed by atoms with van der Waals surface area (Å²) >= 11 is 0. The van der Waals surface area contributed by atoms with Crippen LogP contribution in [0.15, 0.2) is 18.2 Å². The number of imide groups is 1. The molecule has 4 amide bonds. The van der Waals surface area contributed by atoms with E-state index < -0.39 is 6.04 Å². The number of hydrogen-bond acceptors (Lipinski definition) is 4. The maximum absolute atomic E-state index is 12.7. The highest BCUT2D eigenvalue weighted by Crippen LogP contribution is 2.33. The van der Waals surface area contributed by atoms with Crippen molar-refractivity contribution in [1.82, 2.24) is 15.1 Å². The first-order chi connectivity index (χ1) is 12.9. The first-order valence-electron chi connectivity index (χ1n) is 9.47. The average molecular weight is 369 g/mol. The molecule has 0 aliphatic carbocycles. The van der Waals surface area contributed by atoms with Gasteiger partial charge >= 0.3 is 0 Å². The lowest BCUT2D eigenvalue weighted by molar-refractivity contribution is -0.137. The van der Waals surface area contributed by atoms with Crippen molar-refractivity contribution in [1.29, 1.82) is 0 Å². The van der Waals surface area contributed by atoms with Gasteiger partial charge in [0.05, 0.1) is 0 Å². The number of piperidine rings is 2. The fourth-order valence-electron chi connectivity index (χ4n) is 4.38. The molecule has 27 heavy (non-hydrogen) atoms. The van der Waals surface area contributed by atoms with Gasteiger partial charge < -0.3 is 9.80 Å². The molecule has 1 unspecified atom stereocenters. The molecule has 1 atom stereocenters. The summed E-state index contributed by atoms with van der Waals surface area (Å²) in [5, 5.41) is 2.33. The number of amides is 4. The normalized spacial score (nSPS) is 23.4. The predicted octanol–water partition coefficient (Wildman–Crippen LogP) is 1.17. The van der Waals surface area contributed by atoms with Gasteiger partial charge in [-0.2, -0.15) is 0 Å². The van der Waals surface area contributed by atoms with Crippen LogP contribution in [0.1, 0.15) is 60.0 Å². The van der Waals surface area contributed by atoms with Crippen LogP contribution in [0.25, 0.3) is 0 Å². The second-order valence-corrected chi connectivity index (χ2v) is 7.60. The summed E-state index contributed by atoms with van der Waals surface area (Å²) in [7, 11) is 0. The number of hydrogen-bond donors (Lipinski definition) is 1. The Kier molecular flexibility index (Phi) is 4.45. The first-order valence-corrected chi connectivity index (χ1v) is 9.47. The Bertz CT molecular complexity index is 827. The minimum absolute atomic E-state index is 0.118. The van der Waals surface area contributed by atoms with Crippen LogP contribution in [0, 0.1) is 0 Å². The fraction of sp³-hybridized carbons (Fsp3) is 0.500. The van der Waals surface area contributed by atoms with Crippen LogP contribution >= 0.6 is 0 Å². The zero-order valence-electron chi connectivity index (χ0n) is 15.4. The van der Waals surface area contributed by atoms with E-state index in [0.29, 0.717) is 24.4 Å². The molecule has 7 heteroatoms. The summed E-state index contributed by atoms with van der Waals surface area (Å²) < 4.78 is 0. The SMILES string of the molecule is CC(=O)N1CCC(c2ccc3c(c2)CN(C2CCC(=O)NC2=O)C3=O)CC1. The Hall–Kier alpha value is -2.70. The first kappa shape index (κ1) is 17.7. The van der Waals surface area contributed by atoms with Gasteiger partial charge in [0.25, 0.3) is 5.91 Å². The Morgan fingerprint density at radius 2 is 1.85 bits per heavy atom. The van der Waals surface area contributed by atoms with Gasteiger partial charge in [-0.1, -0.05) is 12.1 Å². The van der Waals surface area contributed by atoms with Crippen molar-refractivity contribution < 1.29 is 19.2 Å². The number of benzene rings is 1.